The standard InChI is InChI=1S/C27H38N8O3/c1-25(2,29)22(36)33-10-12-34(13-11-33)23(37)30-21-8-9-35(24(38)31-21)20-6-4-19(5-7-20)14-32(3)27-15-26(16-27,17-27)18-28/h4-9H,10-18,28-29H2,1-3H3,(H,30,31,37,38). The van der Waals surface area contributed by atoms with E-state index in [1.807, 2.05) is 24.3 Å². The molecule has 2 aromatic rings. The zero-order valence-corrected chi connectivity index (χ0v) is 22.4. The number of rotatable bonds is 7. The highest BCUT2D eigenvalue weighted by Crippen LogP contribution is 2.69. The lowest BCUT2D eigenvalue weighted by molar-refractivity contribution is -0.209. The average molecular weight is 523 g/mol. The number of urea groups is 1. The molecule has 3 amide bonds. The molecule has 1 saturated heterocycles. The molecule has 6 rings (SSSR count). The quantitative estimate of drug-likeness (QED) is 0.491. The van der Waals surface area contributed by atoms with Gasteiger partial charge in [0, 0.05) is 44.5 Å². The summed E-state index contributed by atoms with van der Waals surface area (Å²) in [4.78, 5) is 47.5. The van der Waals surface area contributed by atoms with E-state index in [0.717, 1.165) is 13.1 Å². The smallest absolute Gasteiger partial charge is 0.338 e. The number of amides is 3. The van der Waals surface area contributed by atoms with Crippen LogP contribution in [0, 0.1) is 5.41 Å². The van der Waals surface area contributed by atoms with Gasteiger partial charge >= 0.3 is 11.7 Å². The minimum absolute atomic E-state index is 0.141. The summed E-state index contributed by atoms with van der Waals surface area (Å²) in [5, 5.41) is 2.69. The van der Waals surface area contributed by atoms with Crippen molar-refractivity contribution >= 4 is 17.8 Å². The summed E-state index contributed by atoms with van der Waals surface area (Å²) in [5.74, 6) is 0.0443. The van der Waals surface area contributed by atoms with E-state index in [-0.39, 0.29) is 17.8 Å². The van der Waals surface area contributed by atoms with E-state index in [9.17, 15) is 14.4 Å². The average Bonchev–Trinajstić information content (AvgIpc) is 2.82. The van der Waals surface area contributed by atoms with Gasteiger partial charge in [0.1, 0.15) is 5.82 Å². The van der Waals surface area contributed by atoms with Crippen molar-refractivity contribution in [2.24, 2.45) is 16.9 Å². The van der Waals surface area contributed by atoms with Gasteiger partial charge in [0.15, 0.2) is 0 Å². The van der Waals surface area contributed by atoms with Crippen molar-refractivity contribution in [1.82, 2.24) is 24.3 Å². The Labute approximate surface area is 222 Å². The number of carbonyl (C=O) groups is 2. The second-order valence-corrected chi connectivity index (χ2v) is 11.9. The molecule has 0 spiro atoms. The minimum atomic E-state index is -0.945. The number of aromatic nitrogens is 2. The van der Waals surface area contributed by atoms with Crippen molar-refractivity contribution in [2.45, 2.75) is 50.7 Å². The molecule has 2 bridgehead atoms. The molecule has 5 N–H and O–H groups in total. The van der Waals surface area contributed by atoms with Gasteiger partial charge in [0.05, 0.1) is 11.2 Å². The van der Waals surface area contributed by atoms with E-state index >= 15 is 0 Å². The van der Waals surface area contributed by atoms with Gasteiger partial charge in [0.2, 0.25) is 5.91 Å². The summed E-state index contributed by atoms with van der Waals surface area (Å²) in [6.45, 7) is 6.55. The van der Waals surface area contributed by atoms with Crippen LogP contribution in [-0.4, -0.2) is 87.0 Å². The molecule has 1 aliphatic heterocycles. The summed E-state index contributed by atoms with van der Waals surface area (Å²) >= 11 is 0. The molecule has 0 atom stereocenters. The molecule has 0 unspecified atom stereocenters. The largest absolute Gasteiger partial charge is 0.354 e. The normalized spacial score (nSPS) is 24.6. The van der Waals surface area contributed by atoms with Gasteiger partial charge in [-0.25, -0.2) is 9.59 Å². The number of anilines is 1. The van der Waals surface area contributed by atoms with Crippen LogP contribution in [-0.2, 0) is 11.3 Å². The zero-order valence-electron chi connectivity index (χ0n) is 22.4. The van der Waals surface area contributed by atoms with Gasteiger partial charge in [-0.1, -0.05) is 12.1 Å². The molecule has 4 fully saturated rings. The number of nitrogens with zero attached hydrogens (tertiary/aromatic N) is 5. The lowest BCUT2D eigenvalue weighted by Crippen LogP contribution is -2.75. The Morgan fingerprint density at radius 1 is 1.05 bits per heavy atom. The van der Waals surface area contributed by atoms with Crippen molar-refractivity contribution in [2.75, 3.05) is 45.1 Å². The summed E-state index contributed by atoms with van der Waals surface area (Å²) in [6, 6.07) is 9.15. The molecular weight excluding hydrogens is 484 g/mol. The van der Waals surface area contributed by atoms with Crippen LogP contribution in [0.2, 0.25) is 0 Å². The van der Waals surface area contributed by atoms with Crippen LogP contribution >= 0.6 is 0 Å². The first-order chi connectivity index (χ1) is 17.9. The zero-order chi connectivity index (χ0) is 27.3. The molecule has 1 aromatic carbocycles. The third kappa shape index (κ3) is 4.81. The van der Waals surface area contributed by atoms with Crippen LogP contribution in [0.4, 0.5) is 10.6 Å². The summed E-state index contributed by atoms with van der Waals surface area (Å²) in [5.41, 5.74) is 13.0. The van der Waals surface area contributed by atoms with Crippen molar-refractivity contribution in [3.8, 4) is 5.69 Å². The van der Waals surface area contributed by atoms with E-state index in [1.165, 1.54) is 29.4 Å². The second-order valence-electron chi connectivity index (χ2n) is 11.9. The van der Waals surface area contributed by atoms with Gasteiger partial charge in [-0.2, -0.15) is 4.98 Å². The number of hydrogen-bond donors (Lipinski definition) is 3. The van der Waals surface area contributed by atoms with E-state index in [1.54, 1.807) is 35.9 Å². The van der Waals surface area contributed by atoms with Gasteiger partial charge in [0.25, 0.3) is 0 Å². The molecule has 11 heteroatoms. The minimum Gasteiger partial charge on any atom is -0.338 e. The molecule has 3 aliphatic carbocycles. The maximum atomic E-state index is 12.7. The number of hydrogen-bond acceptors (Lipinski definition) is 7. The molecule has 0 radical (unpaired) electrons. The third-order valence-corrected chi connectivity index (χ3v) is 8.43. The molecule has 204 valence electrons. The van der Waals surface area contributed by atoms with E-state index in [0.29, 0.717) is 42.8 Å². The molecule has 11 nitrogen and oxygen atoms in total. The van der Waals surface area contributed by atoms with Crippen molar-refractivity contribution < 1.29 is 9.59 Å². The van der Waals surface area contributed by atoms with Gasteiger partial charge in [-0.3, -0.25) is 19.6 Å². The van der Waals surface area contributed by atoms with E-state index in [2.05, 4.69) is 22.2 Å². The van der Waals surface area contributed by atoms with Crippen LogP contribution in [0.15, 0.2) is 41.3 Å². The van der Waals surface area contributed by atoms with Crippen LogP contribution in [0.5, 0.6) is 0 Å². The predicted octanol–water partition coefficient (Wildman–Crippen LogP) is 0.959. The summed E-state index contributed by atoms with van der Waals surface area (Å²) < 4.78 is 1.45. The molecule has 1 aromatic heterocycles. The maximum Gasteiger partial charge on any atom is 0.354 e. The number of nitrogens with one attached hydrogen (secondary N) is 1. The second kappa shape index (κ2) is 9.48. The first-order valence-corrected chi connectivity index (χ1v) is 13.2. The lowest BCUT2D eigenvalue weighted by atomic mass is 9.39. The van der Waals surface area contributed by atoms with Gasteiger partial charge < -0.3 is 21.3 Å². The van der Waals surface area contributed by atoms with Crippen LogP contribution in [0.3, 0.4) is 0 Å². The van der Waals surface area contributed by atoms with Crippen LogP contribution < -0.4 is 22.5 Å². The van der Waals surface area contributed by atoms with E-state index in [4.69, 9.17) is 11.5 Å². The highest BCUT2D eigenvalue weighted by Gasteiger charge is 2.68. The van der Waals surface area contributed by atoms with Gasteiger partial charge in [-0.15, -0.1) is 0 Å². The van der Waals surface area contributed by atoms with Crippen molar-refractivity contribution in [3.05, 3.63) is 52.6 Å². The molecule has 4 aliphatic rings. The molecule has 38 heavy (non-hydrogen) atoms. The highest BCUT2D eigenvalue weighted by molar-refractivity contribution is 5.89. The molecule has 2 heterocycles. The fourth-order valence-electron chi connectivity index (χ4n) is 6.14. The maximum absolute atomic E-state index is 12.7. The molecule has 3 saturated carbocycles. The summed E-state index contributed by atoms with van der Waals surface area (Å²) in [7, 11) is 2.18. The Balaban J connectivity index is 1.15. The van der Waals surface area contributed by atoms with Gasteiger partial charge in [-0.05, 0) is 75.9 Å². The SMILES string of the molecule is CN(Cc1ccc(-n2ccc(NC(=O)N3CCN(C(=O)C(C)(C)N)CC3)nc2=O)cc1)C12CC(CN)(C1)C2. The predicted molar refractivity (Wildman–Crippen MR) is 145 cm³/mol. The van der Waals surface area contributed by atoms with Crippen molar-refractivity contribution in [1.29, 1.82) is 0 Å². The topological polar surface area (TPSA) is 143 Å². The van der Waals surface area contributed by atoms with Crippen LogP contribution in [0.25, 0.3) is 5.69 Å². The first kappa shape index (κ1) is 26.3. The number of nitrogens with two attached hydrogens (primary N) is 2. The van der Waals surface area contributed by atoms with Crippen molar-refractivity contribution in [3.63, 3.8) is 0 Å². The third-order valence-electron chi connectivity index (χ3n) is 8.43. The number of piperazine rings is 1. The summed E-state index contributed by atoms with van der Waals surface area (Å²) in [6.07, 6.45) is 5.19. The van der Waals surface area contributed by atoms with Crippen LogP contribution in [0.1, 0.15) is 38.7 Å². The Morgan fingerprint density at radius 3 is 2.21 bits per heavy atom. The number of benzene rings is 1. The Bertz CT molecular complexity index is 1250. The Hall–Kier alpha value is -3.28. The molecular formula is C27H38N8O3. The fourth-order valence-corrected chi connectivity index (χ4v) is 6.14. The fraction of sp³-hybridized carbons (Fsp3) is 0.556. The lowest BCUT2D eigenvalue weighted by Gasteiger charge is -2.73. The first-order valence-electron chi connectivity index (χ1n) is 13.2. The Morgan fingerprint density at radius 2 is 1.66 bits per heavy atom. The number of carbonyl (C=O) groups excluding carboxylic acids is 2. The highest BCUT2D eigenvalue weighted by atomic mass is 16.2. The monoisotopic (exact) mass is 522 g/mol. The Kier molecular flexibility index (Phi) is 6.57. The van der Waals surface area contributed by atoms with E-state index < -0.39 is 11.2 Å².